The van der Waals surface area contributed by atoms with Crippen LogP contribution in [0.2, 0.25) is 0 Å². The quantitative estimate of drug-likeness (QED) is 0.0408. The third-order valence-corrected chi connectivity index (χ3v) is 18.8. The van der Waals surface area contributed by atoms with Crippen molar-refractivity contribution in [3.63, 3.8) is 0 Å². The molecule has 30 heteroatoms. The van der Waals surface area contributed by atoms with Gasteiger partial charge in [-0.15, -0.1) is 10.2 Å². The van der Waals surface area contributed by atoms with Crippen LogP contribution in [0.4, 0.5) is 0 Å². The summed E-state index contributed by atoms with van der Waals surface area (Å²) in [6.45, 7) is 15.6. The lowest BCUT2D eigenvalue weighted by Crippen LogP contribution is -2.75. The maximum absolute atomic E-state index is 12.5. The number of aliphatic hydroxyl groups excluding tert-OH is 2. The highest BCUT2D eigenvalue weighted by Gasteiger charge is 2.57. The molecule has 11 N–H and O–H groups in total. The van der Waals surface area contributed by atoms with Crippen LogP contribution in [0.5, 0.6) is 0 Å². The van der Waals surface area contributed by atoms with Gasteiger partial charge in [0.25, 0.3) is 5.91 Å². The summed E-state index contributed by atoms with van der Waals surface area (Å²) in [6.07, 6.45) is 9.89. The van der Waals surface area contributed by atoms with E-state index in [0.717, 1.165) is 103 Å². The molecule has 30 nitrogen and oxygen atoms in total. The van der Waals surface area contributed by atoms with Gasteiger partial charge in [-0.3, -0.25) is 68.0 Å². The van der Waals surface area contributed by atoms with Crippen LogP contribution in [0, 0.1) is 29.1 Å². The number of ketones is 2. The molecule has 10 atom stereocenters. The summed E-state index contributed by atoms with van der Waals surface area (Å²) < 4.78 is 9.95. The molecule has 9 heterocycles. The topological polar surface area (TPSA) is 422 Å². The zero-order valence-electron chi connectivity index (χ0n) is 52.2. The average molecular weight is 1250 g/mol. The van der Waals surface area contributed by atoms with Crippen molar-refractivity contribution >= 4 is 70.7 Å². The number of hydrogen-bond donors (Lipinski definition) is 9. The highest BCUT2D eigenvalue weighted by atomic mass is 16.5. The van der Waals surface area contributed by atoms with Gasteiger partial charge < -0.3 is 71.7 Å². The number of β-lactam (4-membered cyclic amide) rings is 4. The standard InChI is InChI=1S/C18H28N2O4.C15H23N3O5.C13H19N5O4.C13H22N4O3/c1-13(21)15(16(23)19-8-4-5-9-19)10-14(22)11-20-12-18(17(20)24)6-2-3-7-18;1-9(23-10(2)19)12(13(16)21)6-11(20)7-18-8-15(14(18)22)4-3-5-17-15;1-8(19)10(11-17-15-7-22-11)16-9(20)5-18-6-13(12(18)21)3-2-4-14-13;1-8(2)9(11(14)19)6-10(18)16-17-7-13(12(17)20)4-3-5-15-13/h13,15,21H,2-12H2,1H3;9,12,17H,3-8H2,1-2H3,(H2,16,21);7-8,10,14,19H,2-6H2,1H3,(H,16,20);8-9,15H,3-7H2,1-2H3,(H2,14,19)(H,16,18)/t13-,15+;9-,12+,15?;;/m11../s1. The van der Waals surface area contributed by atoms with Gasteiger partial charge in [0.15, 0.2) is 11.6 Å². The second-order valence-electron chi connectivity index (χ2n) is 25.9. The summed E-state index contributed by atoms with van der Waals surface area (Å²) in [6, 6.07) is -0.787. The van der Waals surface area contributed by atoms with E-state index in [-0.39, 0.29) is 109 Å². The predicted molar refractivity (Wildman–Crippen MR) is 314 cm³/mol. The lowest BCUT2D eigenvalue weighted by Gasteiger charge is -2.46. The van der Waals surface area contributed by atoms with Gasteiger partial charge in [-0.05, 0) is 111 Å². The molecule has 1 aromatic rings. The normalized spacial score (nSPS) is 26.1. The van der Waals surface area contributed by atoms with Crippen molar-refractivity contribution in [1.82, 2.24) is 61.5 Å². The van der Waals surface area contributed by atoms with E-state index in [0.29, 0.717) is 39.3 Å². The van der Waals surface area contributed by atoms with E-state index in [1.807, 2.05) is 13.8 Å². The number of likely N-dealkylation sites (tertiary alicyclic amines) is 4. The SMILES string of the molecule is CC(=O)O[C@H](C)[C@H](CC(=O)CN1CC2(CCCN2)C1=O)C(N)=O.CC(C)C(CC(=O)NN1CC2(CCCN2)C1=O)C(N)=O.CC(O)C(NC(=O)CN1CC2(CCCN2)C1=O)c1nnco1.C[C@@H](O)[C@H](CC(=O)CN1CC2(CCCC2)C1=O)C(=O)N1CCCC1. The fraction of sp³-hybridized carbons (Fsp3) is 0.763. The molecule has 0 bridgehead atoms. The summed E-state index contributed by atoms with van der Waals surface area (Å²) in [5.74, 6) is -5.01. The maximum Gasteiger partial charge on any atom is 0.302 e. The number of hydrazine groups is 1. The van der Waals surface area contributed by atoms with Crippen LogP contribution >= 0.6 is 0 Å². The smallest absolute Gasteiger partial charge is 0.302 e. The molecule has 6 unspecified atom stereocenters. The largest absolute Gasteiger partial charge is 0.462 e. The Labute approximate surface area is 517 Å². The van der Waals surface area contributed by atoms with Crippen molar-refractivity contribution < 1.29 is 76.9 Å². The Morgan fingerprint density at radius 3 is 1.54 bits per heavy atom. The molecule has 89 heavy (non-hydrogen) atoms. The number of esters is 1. The molecule has 494 valence electrons. The lowest BCUT2D eigenvalue weighted by atomic mass is 9.77. The molecule has 9 aliphatic rings. The monoisotopic (exact) mass is 1250 g/mol. The number of nitrogens with two attached hydrogens (primary N) is 2. The third kappa shape index (κ3) is 16.5. The van der Waals surface area contributed by atoms with E-state index in [1.54, 1.807) is 16.7 Å². The summed E-state index contributed by atoms with van der Waals surface area (Å²) >= 11 is 0. The van der Waals surface area contributed by atoms with E-state index in [1.165, 1.54) is 35.6 Å². The Morgan fingerprint density at radius 1 is 0.618 bits per heavy atom. The molecule has 8 saturated heterocycles. The zero-order chi connectivity index (χ0) is 65.2. The van der Waals surface area contributed by atoms with E-state index < -0.39 is 76.5 Å². The van der Waals surface area contributed by atoms with E-state index >= 15 is 0 Å². The van der Waals surface area contributed by atoms with Crippen molar-refractivity contribution in [1.29, 1.82) is 0 Å². The number of ether oxygens (including phenoxy) is 1. The molecule has 4 spiro atoms. The van der Waals surface area contributed by atoms with E-state index in [9.17, 15) is 67.7 Å². The number of aliphatic hydroxyl groups is 2. The van der Waals surface area contributed by atoms with Crippen molar-refractivity contribution in [2.24, 2.45) is 40.6 Å². The van der Waals surface area contributed by atoms with Gasteiger partial charge >= 0.3 is 5.97 Å². The number of rotatable bonds is 23. The Bertz CT molecular complexity index is 2770. The van der Waals surface area contributed by atoms with Crippen molar-refractivity contribution in [3.05, 3.63) is 12.3 Å². The Balaban J connectivity index is 0.000000169. The van der Waals surface area contributed by atoms with Gasteiger partial charge in [-0.25, -0.2) is 0 Å². The van der Waals surface area contributed by atoms with Gasteiger partial charge in [0, 0.05) is 64.8 Å². The number of carbonyl (C=O) groups is 12. The van der Waals surface area contributed by atoms with Crippen molar-refractivity contribution in [2.45, 2.75) is 179 Å². The minimum absolute atomic E-state index is 0.00631. The van der Waals surface area contributed by atoms with Crippen LogP contribution < -0.4 is 38.2 Å². The fourth-order valence-corrected chi connectivity index (χ4v) is 13.6. The first kappa shape index (κ1) is 69.5. The first-order valence-electron chi connectivity index (χ1n) is 31.3. The molecule has 10 rings (SSSR count). The Morgan fingerprint density at radius 2 is 1.12 bits per heavy atom. The highest BCUT2D eigenvalue weighted by Crippen LogP contribution is 2.46. The van der Waals surface area contributed by atoms with Crippen LogP contribution in [-0.4, -0.2) is 229 Å². The van der Waals surface area contributed by atoms with Crippen LogP contribution in [0.15, 0.2) is 10.8 Å². The number of nitrogens with zero attached hydrogens (tertiary/aromatic N) is 7. The average Bonchev–Trinajstić information content (AvgIpc) is 1.81. The van der Waals surface area contributed by atoms with Crippen LogP contribution in [0.3, 0.4) is 0 Å². The van der Waals surface area contributed by atoms with Crippen molar-refractivity contribution in [2.75, 3.05) is 78.5 Å². The minimum Gasteiger partial charge on any atom is -0.462 e. The number of hydrogen-bond acceptors (Lipinski definition) is 21. The summed E-state index contributed by atoms with van der Waals surface area (Å²) in [5, 5.41) is 40.4. The fourth-order valence-electron chi connectivity index (χ4n) is 13.6. The molecular formula is C59H92N14O16. The lowest BCUT2D eigenvalue weighted by molar-refractivity contribution is -0.162. The molecule has 1 saturated carbocycles. The first-order chi connectivity index (χ1) is 42.0. The van der Waals surface area contributed by atoms with Gasteiger partial charge in [-0.2, -0.15) is 0 Å². The molecule has 0 radical (unpaired) electrons. The Kier molecular flexibility index (Phi) is 23.2. The van der Waals surface area contributed by atoms with Crippen molar-refractivity contribution in [3.8, 4) is 0 Å². The van der Waals surface area contributed by atoms with Gasteiger partial charge in [0.2, 0.25) is 59.5 Å². The van der Waals surface area contributed by atoms with E-state index in [4.69, 9.17) is 20.6 Å². The van der Waals surface area contributed by atoms with Gasteiger partial charge in [0.1, 0.15) is 28.8 Å². The van der Waals surface area contributed by atoms with Gasteiger partial charge in [-0.1, -0.05) is 26.7 Å². The number of aromatic nitrogens is 2. The second kappa shape index (κ2) is 29.7. The first-order valence-corrected chi connectivity index (χ1v) is 31.3. The molecule has 8 aliphatic heterocycles. The highest BCUT2D eigenvalue weighted by molar-refractivity contribution is 5.99. The summed E-state index contributed by atoms with van der Waals surface area (Å²) in [4.78, 5) is 150. The van der Waals surface area contributed by atoms with Gasteiger partial charge in [0.05, 0.1) is 55.6 Å². The molecule has 1 aromatic heterocycles. The molecule has 9 fully saturated rings. The van der Waals surface area contributed by atoms with Crippen LogP contribution in [0.25, 0.3) is 0 Å². The van der Waals surface area contributed by atoms with E-state index in [2.05, 4.69) is 36.9 Å². The second-order valence-corrected chi connectivity index (χ2v) is 25.9. The molecule has 9 amide bonds. The molecular weight excluding hydrogens is 1160 g/mol. The third-order valence-electron chi connectivity index (χ3n) is 18.8. The van der Waals surface area contributed by atoms with Crippen LogP contribution in [0.1, 0.15) is 150 Å². The summed E-state index contributed by atoms with van der Waals surface area (Å²) in [7, 11) is 0. The predicted octanol–water partition coefficient (Wildman–Crippen LogP) is -2.37. The maximum atomic E-state index is 12.5. The van der Waals surface area contributed by atoms with Crippen LogP contribution in [-0.2, 0) is 62.3 Å². The zero-order valence-corrected chi connectivity index (χ0v) is 52.2. The minimum atomic E-state index is -0.890. The molecule has 0 aromatic carbocycles. The Hall–Kier alpha value is -7.02. The number of nitrogens with one attached hydrogen (secondary N) is 5. The number of carbonyl (C=O) groups excluding carboxylic acids is 12. The molecule has 1 aliphatic carbocycles. The number of Topliss-reactive ketones (excluding diaryl/α,β-unsaturated/α-hetero) is 2. The summed E-state index contributed by atoms with van der Waals surface area (Å²) in [5.41, 5.74) is 11.5. The number of amides is 9. The number of primary amides is 2.